The van der Waals surface area contributed by atoms with Crippen molar-refractivity contribution < 1.29 is 23.1 Å². The summed E-state index contributed by atoms with van der Waals surface area (Å²) in [6.45, 7) is 2.24. The molecule has 11 heteroatoms. The van der Waals surface area contributed by atoms with Crippen molar-refractivity contribution in [1.29, 1.82) is 0 Å². The highest BCUT2D eigenvalue weighted by molar-refractivity contribution is 5.90. The van der Waals surface area contributed by atoms with Crippen molar-refractivity contribution in [3.63, 3.8) is 0 Å². The van der Waals surface area contributed by atoms with Crippen LogP contribution in [-0.2, 0) is 9.53 Å². The molecule has 2 unspecified atom stereocenters. The monoisotopic (exact) mass is 420 g/mol. The van der Waals surface area contributed by atoms with Crippen molar-refractivity contribution in [3.8, 4) is 0 Å². The average molecular weight is 420 g/mol. The third-order valence-corrected chi connectivity index (χ3v) is 5.28. The number of amides is 2. The van der Waals surface area contributed by atoms with Gasteiger partial charge in [-0.25, -0.2) is 13.6 Å². The van der Waals surface area contributed by atoms with Gasteiger partial charge >= 0.3 is 6.09 Å². The van der Waals surface area contributed by atoms with Crippen molar-refractivity contribution in [2.45, 2.75) is 31.7 Å². The maximum Gasteiger partial charge on any atom is 0.414 e. The molecule has 3 atom stereocenters. The minimum absolute atomic E-state index is 0.0209. The Hall–Kier alpha value is -3.24. The highest BCUT2D eigenvalue weighted by atomic mass is 19.1. The second-order valence-corrected chi connectivity index (χ2v) is 7.36. The molecule has 0 saturated carbocycles. The quantitative estimate of drug-likeness (QED) is 0.791. The van der Waals surface area contributed by atoms with Gasteiger partial charge in [-0.05, 0) is 24.6 Å². The smallest absolute Gasteiger partial charge is 0.414 e. The van der Waals surface area contributed by atoms with Gasteiger partial charge in [-0.1, -0.05) is 0 Å². The van der Waals surface area contributed by atoms with Crippen LogP contribution in [0.1, 0.15) is 19.4 Å². The van der Waals surface area contributed by atoms with Gasteiger partial charge in [-0.3, -0.25) is 9.69 Å². The normalized spacial score (nSPS) is 24.1. The fourth-order valence-electron chi connectivity index (χ4n) is 3.79. The van der Waals surface area contributed by atoms with E-state index in [1.807, 2.05) is 0 Å². The van der Waals surface area contributed by atoms with Gasteiger partial charge in [0.05, 0.1) is 43.4 Å². The summed E-state index contributed by atoms with van der Waals surface area (Å²) >= 11 is 0. The van der Waals surface area contributed by atoms with Gasteiger partial charge in [-0.2, -0.15) is 15.0 Å². The molecule has 3 heterocycles. The Labute approximate surface area is 171 Å². The van der Waals surface area contributed by atoms with Crippen LogP contribution < -0.4 is 15.1 Å². The number of alkyl halides is 1. The summed E-state index contributed by atoms with van der Waals surface area (Å²) in [6.07, 6.45) is 1.09. The molecule has 2 aromatic rings. The van der Waals surface area contributed by atoms with Crippen molar-refractivity contribution in [2.75, 3.05) is 36.0 Å². The van der Waals surface area contributed by atoms with Crippen LogP contribution >= 0.6 is 0 Å². The second-order valence-electron chi connectivity index (χ2n) is 7.36. The van der Waals surface area contributed by atoms with E-state index in [0.29, 0.717) is 18.7 Å². The number of rotatable bonds is 5. The molecule has 2 saturated heterocycles. The first kappa shape index (κ1) is 20.0. The number of cyclic esters (lactones) is 1. The van der Waals surface area contributed by atoms with Gasteiger partial charge in [0.1, 0.15) is 24.1 Å². The Morgan fingerprint density at radius 2 is 2.07 bits per heavy atom. The number of ether oxygens (including phenoxy) is 1. The van der Waals surface area contributed by atoms with E-state index in [9.17, 15) is 18.4 Å². The zero-order valence-corrected chi connectivity index (χ0v) is 16.4. The van der Waals surface area contributed by atoms with Crippen LogP contribution in [0.3, 0.4) is 0 Å². The van der Waals surface area contributed by atoms with Gasteiger partial charge in [0.15, 0.2) is 0 Å². The van der Waals surface area contributed by atoms with E-state index in [2.05, 4.69) is 15.5 Å². The number of piperidine rings is 1. The molecular weight excluding hydrogens is 398 g/mol. The first-order valence-corrected chi connectivity index (χ1v) is 9.69. The lowest BCUT2D eigenvalue weighted by molar-refractivity contribution is -0.119. The number of carbonyl (C=O) groups excluding carboxylic acids is 2. The highest BCUT2D eigenvalue weighted by Crippen LogP contribution is 2.32. The van der Waals surface area contributed by atoms with E-state index >= 15 is 0 Å². The maximum atomic E-state index is 14.8. The summed E-state index contributed by atoms with van der Waals surface area (Å²) in [5.41, 5.74) is 0.620. The number of hydrogen-bond donors (Lipinski definition) is 1. The molecule has 9 nitrogen and oxygen atoms in total. The fourth-order valence-corrected chi connectivity index (χ4v) is 3.79. The molecule has 0 bridgehead atoms. The van der Waals surface area contributed by atoms with E-state index in [0.717, 1.165) is 0 Å². The summed E-state index contributed by atoms with van der Waals surface area (Å²) in [5.74, 6) is -0.772. The Balaban J connectivity index is 1.42. The fraction of sp³-hybridized carbons (Fsp3) is 0.474. The summed E-state index contributed by atoms with van der Waals surface area (Å²) in [7, 11) is 0. The van der Waals surface area contributed by atoms with Crippen LogP contribution in [0.2, 0.25) is 0 Å². The van der Waals surface area contributed by atoms with E-state index in [1.165, 1.54) is 41.1 Å². The molecule has 0 aliphatic carbocycles. The summed E-state index contributed by atoms with van der Waals surface area (Å²) < 4.78 is 34.7. The topological polar surface area (TPSA) is 92.6 Å². The molecule has 1 N–H and O–H groups in total. The number of anilines is 2. The van der Waals surface area contributed by atoms with Crippen molar-refractivity contribution >= 4 is 23.4 Å². The summed E-state index contributed by atoms with van der Waals surface area (Å²) in [5, 5.41) is 10.6. The zero-order valence-electron chi connectivity index (χ0n) is 16.4. The minimum Gasteiger partial charge on any atom is -0.442 e. The van der Waals surface area contributed by atoms with Crippen molar-refractivity contribution in [2.24, 2.45) is 0 Å². The number of halogens is 2. The number of nitrogens with zero attached hydrogens (tertiary/aromatic N) is 5. The predicted octanol–water partition coefficient (Wildman–Crippen LogP) is 1.67. The molecule has 0 radical (unpaired) electrons. The lowest BCUT2D eigenvalue weighted by atomic mass is 10.0. The lowest BCUT2D eigenvalue weighted by Crippen LogP contribution is -2.43. The second kappa shape index (κ2) is 8.25. The van der Waals surface area contributed by atoms with Crippen LogP contribution in [0.25, 0.3) is 0 Å². The molecule has 2 aliphatic heterocycles. The Morgan fingerprint density at radius 1 is 1.30 bits per heavy atom. The van der Waals surface area contributed by atoms with Gasteiger partial charge in [-0.15, -0.1) is 0 Å². The summed E-state index contributed by atoms with van der Waals surface area (Å²) in [4.78, 5) is 27.5. The van der Waals surface area contributed by atoms with Crippen LogP contribution in [0.5, 0.6) is 0 Å². The van der Waals surface area contributed by atoms with Crippen molar-refractivity contribution in [3.05, 3.63) is 36.4 Å². The number of carbonyl (C=O) groups is 2. The number of benzene rings is 1. The Morgan fingerprint density at radius 3 is 2.73 bits per heavy atom. The molecular formula is C19H22F2N6O3. The van der Waals surface area contributed by atoms with Crippen LogP contribution in [-0.4, -0.2) is 65.4 Å². The minimum atomic E-state index is -1.24. The van der Waals surface area contributed by atoms with E-state index in [-0.39, 0.29) is 31.2 Å². The largest absolute Gasteiger partial charge is 0.442 e. The van der Waals surface area contributed by atoms with Gasteiger partial charge in [0.25, 0.3) is 0 Å². The van der Waals surface area contributed by atoms with Gasteiger partial charge in [0.2, 0.25) is 5.91 Å². The third kappa shape index (κ3) is 4.05. The number of aromatic nitrogens is 3. The molecule has 4 rings (SSSR count). The number of hydrogen-bond acceptors (Lipinski definition) is 6. The highest BCUT2D eigenvalue weighted by Gasteiger charge is 2.35. The first-order chi connectivity index (χ1) is 14.4. The standard InChI is InChI=1S/C19H22F2N6O3/c1-12(28)22-9-14-10-26(19(29)30-14)13-2-3-17(15(20)8-13)25-7-4-18(16(21)11-25)27-23-5-6-24-27/h2-3,5-6,8,14,16,18H,4,7,9-11H2,1H3,(H,22,28)/t14?,16-,18?/m0/s1. The molecule has 1 aromatic carbocycles. The maximum absolute atomic E-state index is 14.8. The Kier molecular flexibility index (Phi) is 5.51. The van der Waals surface area contributed by atoms with E-state index < -0.39 is 30.2 Å². The van der Waals surface area contributed by atoms with E-state index in [4.69, 9.17) is 4.74 Å². The molecule has 160 valence electrons. The Bertz CT molecular complexity index is 925. The molecule has 2 amide bonds. The van der Waals surface area contributed by atoms with Crippen LogP contribution in [0.15, 0.2) is 30.6 Å². The average Bonchev–Trinajstić information content (AvgIpc) is 3.36. The molecule has 2 aliphatic rings. The zero-order chi connectivity index (χ0) is 21.3. The molecule has 30 heavy (non-hydrogen) atoms. The van der Waals surface area contributed by atoms with Gasteiger partial charge < -0.3 is 15.0 Å². The van der Waals surface area contributed by atoms with Gasteiger partial charge in [0, 0.05) is 13.5 Å². The third-order valence-electron chi connectivity index (χ3n) is 5.28. The van der Waals surface area contributed by atoms with Crippen molar-refractivity contribution in [1.82, 2.24) is 20.3 Å². The van der Waals surface area contributed by atoms with Crippen LogP contribution in [0.4, 0.5) is 25.0 Å². The lowest BCUT2D eigenvalue weighted by Gasteiger charge is -2.35. The van der Waals surface area contributed by atoms with E-state index in [1.54, 1.807) is 11.0 Å². The molecule has 1 aromatic heterocycles. The number of nitrogens with one attached hydrogen (secondary N) is 1. The SMILES string of the molecule is CC(=O)NCC1CN(c2ccc(N3CCC(n4nccn4)[C@@H](F)C3)c(F)c2)C(=O)O1. The first-order valence-electron chi connectivity index (χ1n) is 9.69. The molecule has 2 fully saturated rings. The predicted molar refractivity (Wildman–Crippen MR) is 103 cm³/mol. The summed E-state index contributed by atoms with van der Waals surface area (Å²) in [6, 6.07) is 3.91. The van der Waals surface area contributed by atoms with Crippen LogP contribution in [0, 0.1) is 5.82 Å². The molecule has 0 spiro atoms.